The smallest absolute Gasteiger partial charge is 0.126 e. The van der Waals surface area contributed by atoms with Gasteiger partial charge in [0.25, 0.3) is 0 Å². The summed E-state index contributed by atoms with van der Waals surface area (Å²) in [5.74, 6) is 0.955. The normalized spacial score (nSPS) is 12.4. The van der Waals surface area contributed by atoms with Crippen molar-refractivity contribution in [2.45, 2.75) is 33.2 Å². The fourth-order valence-electron chi connectivity index (χ4n) is 1.75. The Kier molecular flexibility index (Phi) is 3.79. The van der Waals surface area contributed by atoms with Crippen LogP contribution in [0.3, 0.4) is 0 Å². The van der Waals surface area contributed by atoms with Gasteiger partial charge in [-0.3, -0.25) is 0 Å². The molecule has 2 aromatic heterocycles. The molecule has 0 aliphatic heterocycles. The number of aromatic nitrogens is 1. The van der Waals surface area contributed by atoms with Crippen molar-refractivity contribution in [1.29, 1.82) is 0 Å². The van der Waals surface area contributed by atoms with E-state index in [0.29, 0.717) is 6.04 Å². The quantitative estimate of drug-likeness (QED) is 0.887. The van der Waals surface area contributed by atoms with Crippen LogP contribution in [-0.4, -0.2) is 11.0 Å². The maximum atomic E-state index is 4.36. The molecule has 1 unspecified atom stereocenters. The van der Waals surface area contributed by atoms with Gasteiger partial charge < -0.3 is 5.32 Å². The molecule has 17 heavy (non-hydrogen) atoms. The van der Waals surface area contributed by atoms with Crippen molar-refractivity contribution in [2.75, 3.05) is 5.32 Å². The van der Waals surface area contributed by atoms with E-state index in [-0.39, 0.29) is 0 Å². The highest BCUT2D eigenvalue weighted by Crippen LogP contribution is 2.18. The van der Waals surface area contributed by atoms with Crippen LogP contribution in [-0.2, 0) is 6.42 Å². The molecule has 0 aliphatic carbocycles. The molecule has 1 N–H and O–H groups in total. The van der Waals surface area contributed by atoms with E-state index in [1.165, 1.54) is 15.3 Å². The van der Waals surface area contributed by atoms with Crippen molar-refractivity contribution < 1.29 is 0 Å². The lowest BCUT2D eigenvalue weighted by molar-refractivity contribution is 0.794. The molecular weight excluding hydrogens is 228 g/mol. The molecule has 2 aromatic rings. The first-order chi connectivity index (χ1) is 8.13. The summed E-state index contributed by atoms with van der Waals surface area (Å²) < 4.78 is 0. The molecule has 0 aromatic carbocycles. The zero-order valence-electron chi connectivity index (χ0n) is 10.5. The first-order valence-corrected chi connectivity index (χ1v) is 6.69. The van der Waals surface area contributed by atoms with Gasteiger partial charge >= 0.3 is 0 Å². The molecule has 0 spiro atoms. The number of pyridine rings is 1. The van der Waals surface area contributed by atoms with Gasteiger partial charge in [-0.1, -0.05) is 6.07 Å². The van der Waals surface area contributed by atoms with Crippen molar-refractivity contribution in [3.8, 4) is 0 Å². The fourth-order valence-corrected chi connectivity index (χ4v) is 2.77. The maximum Gasteiger partial charge on any atom is 0.126 e. The minimum absolute atomic E-state index is 0.406. The summed E-state index contributed by atoms with van der Waals surface area (Å²) in [5, 5.41) is 3.42. The Morgan fingerprint density at radius 1 is 1.24 bits per heavy atom. The largest absolute Gasteiger partial charge is 0.367 e. The number of nitrogens with one attached hydrogen (secondary N) is 1. The lowest BCUT2D eigenvalue weighted by Gasteiger charge is -2.13. The Hall–Kier alpha value is -1.35. The second-order valence-corrected chi connectivity index (χ2v) is 5.86. The van der Waals surface area contributed by atoms with Gasteiger partial charge in [-0.25, -0.2) is 4.98 Å². The number of aryl methyl sites for hydroxylation is 2. The number of hydrogen-bond acceptors (Lipinski definition) is 3. The van der Waals surface area contributed by atoms with Crippen LogP contribution in [0.25, 0.3) is 0 Å². The van der Waals surface area contributed by atoms with Gasteiger partial charge in [0.2, 0.25) is 0 Å². The van der Waals surface area contributed by atoms with Gasteiger partial charge in [0, 0.05) is 28.4 Å². The first-order valence-electron chi connectivity index (χ1n) is 5.88. The van der Waals surface area contributed by atoms with Crippen molar-refractivity contribution in [3.63, 3.8) is 0 Å². The van der Waals surface area contributed by atoms with Gasteiger partial charge in [-0.15, -0.1) is 11.3 Å². The molecule has 1 atom stereocenters. The molecule has 0 fully saturated rings. The van der Waals surface area contributed by atoms with E-state index < -0.39 is 0 Å². The van der Waals surface area contributed by atoms with Crippen LogP contribution < -0.4 is 5.32 Å². The highest BCUT2D eigenvalue weighted by atomic mass is 32.1. The summed E-state index contributed by atoms with van der Waals surface area (Å²) in [6, 6.07) is 8.91. The van der Waals surface area contributed by atoms with Crippen molar-refractivity contribution in [1.82, 2.24) is 4.98 Å². The van der Waals surface area contributed by atoms with Gasteiger partial charge in [0.05, 0.1) is 0 Å². The van der Waals surface area contributed by atoms with Crippen molar-refractivity contribution in [3.05, 3.63) is 45.8 Å². The van der Waals surface area contributed by atoms with Crippen molar-refractivity contribution >= 4 is 17.2 Å². The van der Waals surface area contributed by atoms with E-state index >= 15 is 0 Å². The van der Waals surface area contributed by atoms with Crippen LogP contribution in [0.15, 0.2) is 30.5 Å². The van der Waals surface area contributed by atoms with Crippen LogP contribution in [0, 0.1) is 13.8 Å². The molecule has 0 amide bonds. The third-order valence-corrected chi connectivity index (χ3v) is 3.63. The van der Waals surface area contributed by atoms with Crippen LogP contribution >= 0.6 is 11.3 Å². The lowest BCUT2D eigenvalue weighted by atomic mass is 10.2. The van der Waals surface area contributed by atoms with Crippen LogP contribution in [0.1, 0.15) is 22.2 Å². The maximum absolute atomic E-state index is 4.36. The minimum Gasteiger partial charge on any atom is -0.367 e. The highest BCUT2D eigenvalue weighted by Gasteiger charge is 2.05. The number of thiophene rings is 1. The first kappa shape index (κ1) is 12.1. The number of nitrogens with zero attached hydrogens (tertiary/aromatic N) is 1. The SMILES string of the molecule is Cc1ccc(NC(C)Cc2ccc(C)s2)nc1. The van der Waals surface area contributed by atoms with Crippen LogP contribution in [0.4, 0.5) is 5.82 Å². The molecule has 90 valence electrons. The summed E-state index contributed by atoms with van der Waals surface area (Å²) >= 11 is 1.87. The third kappa shape index (κ3) is 3.56. The summed E-state index contributed by atoms with van der Waals surface area (Å²) in [7, 11) is 0. The van der Waals surface area contributed by atoms with Crippen molar-refractivity contribution in [2.24, 2.45) is 0 Å². The lowest BCUT2D eigenvalue weighted by Crippen LogP contribution is -2.18. The van der Waals surface area contributed by atoms with E-state index in [0.717, 1.165) is 12.2 Å². The second kappa shape index (κ2) is 5.32. The summed E-state index contributed by atoms with van der Waals surface area (Å²) in [6.07, 6.45) is 2.94. The Bertz CT molecular complexity index is 473. The zero-order chi connectivity index (χ0) is 12.3. The average molecular weight is 246 g/mol. The minimum atomic E-state index is 0.406. The van der Waals surface area contributed by atoms with E-state index in [2.05, 4.69) is 49.3 Å². The van der Waals surface area contributed by atoms with Crippen LogP contribution in [0.5, 0.6) is 0 Å². The highest BCUT2D eigenvalue weighted by molar-refractivity contribution is 7.11. The van der Waals surface area contributed by atoms with Gasteiger partial charge in [-0.2, -0.15) is 0 Å². The predicted octanol–water partition coefficient (Wildman–Crippen LogP) is 3.80. The number of rotatable bonds is 4. The average Bonchev–Trinajstić information content (AvgIpc) is 2.67. The Morgan fingerprint density at radius 2 is 2.06 bits per heavy atom. The van der Waals surface area contributed by atoms with Gasteiger partial charge in [0.1, 0.15) is 5.82 Å². The molecule has 2 rings (SSSR count). The standard InChI is InChI=1S/C14H18N2S/c1-10-4-7-14(15-9-10)16-11(2)8-13-6-5-12(3)17-13/h4-7,9,11H,8H2,1-3H3,(H,15,16). The van der Waals surface area contributed by atoms with E-state index in [9.17, 15) is 0 Å². The second-order valence-electron chi connectivity index (χ2n) is 4.48. The van der Waals surface area contributed by atoms with Crippen LogP contribution in [0.2, 0.25) is 0 Å². The molecule has 2 nitrogen and oxygen atoms in total. The fraction of sp³-hybridized carbons (Fsp3) is 0.357. The molecule has 3 heteroatoms. The summed E-state index contributed by atoms with van der Waals surface area (Å²) in [6.45, 7) is 6.39. The topological polar surface area (TPSA) is 24.9 Å². The molecular formula is C14H18N2S. The van der Waals surface area contributed by atoms with E-state index in [1.54, 1.807) is 0 Å². The monoisotopic (exact) mass is 246 g/mol. The molecule has 0 saturated carbocycles. The molecule has 0 bridgehead atoms. The Labute approximate surface area is 107 Å². The Morgan fingerprint density at radius 3 is 2.65 bits per heavy atom. The molecule has 0 saturated heterocycles. The van der Waals surface area contributed by atoms with E-state index in [1.807, 2.05) is 23.6 Å². The predicted molar refractivity (Wildman–Crippen MR) is 74.8 cm³/mol. The molecule has 2 heterocycles. The van der Waals surface area contributed by atoms with Gasteiger partial charge in [0.15, 0.2) is 0 Å². The van der Waals surface area contributed by atoms with E-state index in [4.69, 9.17) is 0 Å². The number of hydrogen-bond donors (Lipinski definition) is 1. The summed E-state index contributed by atoms with van der Waals surface area (Å²) in [5.41, 5.74) is 1.19. The number of anilines is 1. The Balaban J connectivity index is 1.93. The molecule has 0 aliphatic rings. The van der Waals surface area contributed by atoms with Gasteiger partial charge in [-0.05, 0) is 44.5 Å². The molecule has 0 radical (unpaired) electrons. The zero-order valence-corrected chi connectivity index (χ0v) is 11.3. The summed E-state index contributed by atoms with van der Waals surface area (Å²) in [4.78, 5) is 7.16. The third-order valence-electron chi connectivity index (χ3n) is 2.61.